The van der Waals surface area contributed by atoms with Gasteiger partial charge in [-0.3, -0.25) is 14.3 Å². The van der Waals surface area contributed by atoms with E-state index in [0.717, 1.165) is 37.2 Å². The van der Waals surface area contributed by atoms with Gasteiger partial charge in [-0.1, -0.05) is 29.8 Å². The molecule has 0 unspecified atom stereocenters. The molecule has 3 heterocycles. The monoisotopic (exact) mass is 327 g/mol. The predicted octanol–water partition coefficient (Wildman–Crippen LogP) is 1.00. The first kappa shape index (κ1) is 15.4. The van der Waals surface area contributed by atoms with Crippen molar-refractivity contribution < 1.29 is 4.74 Å². The lowest BCUT2D eigenvalue weighted by Crippen LogP contribution is -2.44. The smallest absolute Gasteiger partial charge is 0.328 e. The Labute approximate surface area is 139 Å². The van der Waals surface area contributed by atoms with Crippen molar-refractivity contribution in [3.63, 3.8) is 0 Å². The largest absolute Gasteiger partial charge is 0.364 e. The Bertz CT molecular complexity index is 874. The highest BCUT2D eigenvalue weighted by Gasteiger charge is 2.44. The Kier molecular flexibility index (Phi) is 3.66. The minimum absolute atomic E-state index is 0.297. The molecule has 2 aliphatic rings. The van der Waals surface area contributed by atoms with Gasteiger partial charge in [0.25, 0.3) is 5.56 Å². The van der Waals surface area contributed by atoms with Crippen molar-refractivity contribution in [2.75, 3.05) is 13.1 Å². The highest BCUT2D eigenvalue weighted by atomic mass is 16.5. The zero-order valence-electron chi connectivity index (χ0n) is 13.7. The van der Waals surface area contributed by atoms with E-state index >= 15 is 0 Å². The minimum atomic E-state index is -0.545. The van der Waals surface area contributed by atoms with E-state index in [2.05, 4.69) is 10.3 Å². The summed E-state index contributed by atoms with van der Waals surface area (Å²) in [6.07, 6.45) is 1.51. The van der Waals surface area contributed by atoms with Crippen LogP contribution in [0.25, 0.3) is 0 Å². The molecule has 1 aromatic heterocycles. The third-order valence-electron chi connectivity index (χ3n) is 5.12. The van der Waals surface area contributed by atoms with Crippen LogP contribution < -0.4 is 16.6 Å². The first-order valence-corrected chi connectivity index (χ1v) is 8.36. The topological polar surface area (TPSA) is 76.1 Å². The van der Waals surface area contributed by atoms with Crippen molar-refractivity contribution in [3.8, 4) is 0 Å². The van der Waals surface area contributed by atoms with Gasteiger partial charge in [0.15, 0.2) is 0 Å². The van der Waals surface area contributed by atoms with Crippen LogP contribution in [0.15, 0.2) is 33.9 Å². The Morgan fingerprint density at radius 3 is 2.58 bits per heavy atom. The zero-order chi connectivity index (χ0) is 16.7. The SMILES string of the molecule is Cc1ccc(Cn2c3c(c(=O)[nH]c2=O)C2(CCNCC2)OC3)cc1. The lowest BCUT2D eigenvalue weighted by atomic mass is 9.86. The van der Waals surface area contributed by atoms with Crippen molar-refractivity contribution in [1.29, 1.82) is 0 Å². The summed E-state index contributed by atoms with van der Waals surface area (Å²) in [7, 11) is 0. The lowest BCUT2D eigenvalue weighted by Gasteiger charge is -2.33. The van der Waals surface area contributed by atoms with Gasteiger partial charge in [-0.2, -0.15) is 0 Å². The quantitative estimate of drug-likeness (QED) is 0.863. The average molecular weight is 327 g/mol. The van der Waals surface area contributed by atoms with E-state index in [0.29, 0.717) is 18.7 Å². The number of H-pyrrole nitrogens is 1. The summed E-state index contributed by atoms with van der Waals surface area (Å²) in [5, 5.41) is 3.30. The number of benzene rings is 1. The third-order valence-corrected chi connectivity index (χ3v) is 5.12. The van der Waals surface area contributed by atoms with Crippen LogP contribution in [0, 0.1) is 6.92 Å². The second-order valence-corrected chi connectivity index (χ2v) is 6.69. The maximum absolute atomic E-state index is 12.5. The number of fused-ring (bicyclic) bond motifs is 2. The molecular formula is C18H21N3O3. The van der Waals surface area contributed by atoms with Crippen molar-refractivity contribution in [3.05, 3.63) is 67.5 Å². The van der Waals surface area contributed by atoms with Crippen LogP contribution in [-0.2, 0) is 23.5 Å². The van der Waals surface area contributed by atoms with Crippen LogP contribution in [0.2, 0.25) is 0 Å². The molecule has 1 saturated heterocycles. The number of piperidine rings is 1. The fraction of sp³-hybridized carbons (Fsp3) is 0.444. The van der Waals surface area contributed by atoms with Crippen LogP contribution in [0.5, 0.6) is 0 Å². The molecule has 0 radical (unpaired) electrons. The van der Waals surface area contributed by atoms with E-state index in [9.17, 15) is 9.59 Å². The van der Waals surface area contributed by atoms with Crippen molar-refractivity contribution in [2.24, 2.45) is 0 Å². The summed E-state index contributed by atoms with van der Waals surface area (Å²) in [5.74, 6) is 0. The molecular weight excluding hydrogens is 306 g/mol. The lowest BCUT2D eigenvalue weighted by molar-refractivity contribution is -0.0602. The maximum atomic E-state index is 12.5. The molecule has 0 bridgehead atoms. The molecule has 2 aromatic rings. The van der Waals surface area contributed by atoms with Gasteiger partial charge in [0.05, 0.1) is 24.4 Å². The van der Waals surface area contributed by atoms with E-state index in [1.165, 1.54) is 5.56 Å². The van der Waals surface area contributed by atoms with Crippen LogP contribution in [-0.4, -0.2) is 22.6 Å². The highest BCUT2D eigenvalue weighted by Crippen LogP contribution is 2.40. The normalized spacial score (nSPS) is 18.7. The van der Waals surface area contributed by atoms with Crippen molar-refractivity contribution >= 4 is 0 Å². The fourth-order valence-electron chi connectivity index (χ4n) is 3.78. The summed E-state index contributed by atoms with van der Waals surface area (Å²) in [4.78, 5) is 27.4. The van der Waals surface area contributed by atoms with Crippen molar-refractivity contribution in [1.82, 2.24) is 14.9 Å². The minimum Gasteiger partial charge on any atom is -0.364 e. The third kappa shape index (κ3) is 2.42. The number of ether oxygens (including phenoxy) is 1. The summed E-state index contributed by atoms with van der Waals surface area (Å²) < 4.78 is 7.72. The molecule has 0 saturated carbocycles. The van der Waals surface area contributed by atoms with Crippen LogP contribution in [0.3, 0.4) is 0 Å². The van der Waals surface area contributed by atoms with Gasteiger partial charge in [0.2, 0.25) is 0 Å². The summed E-state index contributed by atoms with van der Waals surface area (Å²) in [6, 6.07) is 8.07. The zero-order valence-corrected chi connectivity index (χ0v) is 13.7. The van der Waals surface area contributed by atoms with Gasteiger partial charge in [-0.15, -0.1) is 0 Å². The molecule has 1 fully saturated rings. The number of nitrogens with zero attached hydrogens (tertiary/aromatic N) is 1. The molecule has 0 amide bonds. The molecule has 1 spiro atoms. The molecule has 1 aromatic carbocycles. The molecule has 6 heteroatoms. The summed E-state index contributed by atoms with van der Waals surface area (Å²) in [6.45, 7) is 4.42. The predicted molar refractivity (Wildman–Crippen MR) is 90.2 cm³/mol. The second-order valence-electron chi connectivity index (χ2n) is 6.69. The first-order valence-electron chi connectivity index (χ1n) is 8.36. The number of hydrogen-bond donors (Lipinski definition) is 2. The van der Waals surface area contributed by atoms with Crippen LogP contribution in [0.1, 0.15) is 35.2 Å². The molecule has 2 N–H and O–H groups in total. The number of aryl methyl sites for hydroxylation is 1. The van der Waals surface area contributed by atoms with E-state index in [-0.39, 0.29) is 11.2 Å². The van der Waals surface area contributed by atoms with Crippen LogP contribution in [0.4, 0.5) is 0 Å². The van der Waals surface area contributed by atoms with Gasteiger partial charge >= 0.3 is 5.69 Å². The Morgan fingerprint density at radius 2 is 1.88 bits per heavy atom. The molecule has 2 aliphatic heterocycles. The first-order chi connectivity index (χ1) is 11.6. The second kappa shape index (κ2) is 5.72. The maximum Gasteiger partial charge on any atom is 0.328 e. The summed E-state index contributed by atoms with van der Waals surface area (Å²) in [5.41, 5.74) is 2.38. The fourth-order valence-corrected chi connectivity index (χ4v) is 3.78. The van der Waals surface area contributed by atoms with Gasteiger partial charge < -0.3 is 10.1 Å². The van der Waals surface area contributed by atoms with Gasteiger partial charge in [0.1, 0.15) is 5.60 Å². The highest BCUT2D eigenvalue weighted by molar-refractivity contribution is 5.31. The molecule has 126 valence electrons. The number of rotatable bonds is 2. The Balaban J connectivity index is 1.80. The molecule has 6 nitrogen and oxygen atoms in total. The Hall–Kier alpha value is -2.18. The van der Waals surface area contributed by atoms with Gasteiger partial charge in [-0.05, 0) is 38.4 Å². The molecule has 4 rings (SSSR count). The number of aromatic amines is 1. The molecule has 0 atom stereocenters. The molecule has 0 aliphatic carbocycles. The van der Waals surface area contributed by atoms with E-state index < -0.39 is 5.60 Å². The Morgan fingerprint density at radius 1 is 1.17 bits per heavy atom. The van der Waals surface area contributed by atoms with E-state index in [4.69, 9.17) is 4.74 Å². The average Bonchev–Trinajstić information content (AvgIpc) is 2.93. The number of nitrogens with one attached hydrogen (secondary N) is 2. The van der Waals surface area contributed by atoms with Gasteiger partial charge in [-0.25, -0.2) is 4.79 Å². The standard InChI is InChI=1S/C18H21N3O3/c1-12-2-4-13(5-3-12)10-21-14-11-24-18(6-8-19-9-7-18)15(14)16(22)20-17(21)23/h2-5,19H,6-11H2,1H3,(H,20,22,23). The number of hydrogen-bond acceptors (Lipinski definition) is 4. The molecule has 24 heavy (non-hydrogen) atoms. The number of aromatic nitrogens is 2. The van der Waals surface area contributed by atoms with E-state index in [1.54, 1.807) is 4.57 Å². The van der Waals surface area contributed by atoms with Crippen LogP contribution >= 0.6 is 0 Å². The van der Waals surface area contributed by atoms with E-state index in [1.807, 2.05) is 31.2 Å². The summed E-state index contributed by atoms with van der Waals surface area (Å²) >= 11 is 0. The van der Waals surface area contributed by atoms with Gasteiger partial charge in [0, 0.05) is 0 Å². The van der Waals surface area contributed by atoms with Crippen molar-refractivity contribution in [2.45, 2.75) is 38.5 Å².